The van der Waals surface area contributed by atoms with E-state index in [1.54, 1.807) is 18.2 Å². The molecule has 0 aliphatic heterocycles. The van der Waals surface area contributed by atoms with E-state index in [-0.39, 0.29) is 12.3 Å². The van der Waals surface area contributed by atoms with Crippen molar-refractivity contribution in [2.24, 2.45) is 0 Å². The lowest BCUT2D eigenvalue weighted by atomic mass is 10.1. The molecule has 0 saturated carbocycles. The van der Waals surface area contributed by atoms with E-state index in [0.29, 0.717) is 10.0 Å². The van der Waals surface area contributed by atoms with Gasteiger partial charge in [0.05, 0.1) is 6.42 Å². The molecule has 2 nitrogen and oxygen atoms in total. The molecule has 0 aliphatic rings. The van der Waals surface area contributed by atoms with Gasteiger partial charge < -0.3 is 5.32 Å². The van der Waals surface area contributed by atoms with E-state index in [0.717, 1.165) is 16.8 Å². The minimum Gasteiger partial charge on any atom is -0.326 e. The predicted molar refractivity (Wildman–Crippen MR) is 80.0 cm³/mol. The van der Waals surface area contributed by atoms with Gasteiger partial charge in [0.15, 0.2) is 0 Å². The predicted octanol–water partition coefficient (Wildman–Crippen LogP) is 4.48. The van der Waals surface area contributed by atoms with E-state index in [4.69, 9.17) is 23.2 Å². The molecule has 0 atom stereocenters. The van der Waals surface area contributed by atoms with Crippen LogP contribution in [0, 0.1) is 6.92 Å². The van der Waals surface area contributed by atoms with Gasteiger partial charge in [-0.15, -0.1) is 0 Å². The second kappa shape index (κ2) is 6.09. The lowest BCUT2D eigenvalue weighted by Gasteiger charge is -2.07. The highest BCUT2D eigenvalue weighted by molar-refractivity contribution is 6.35. The molecule has 0 aromatic heterocycles. The van der Waals surface area contributed by atoms with Crippen molar-refractivity contribution in [2.75, 3.05) is 5.32 Å². The summed E-state index contributed by atoms with van der Waals surface area (Å²) in [5.74, 6) is -0.102. The number of halogens is 2. The number of aryl methyl sites for hydroxylation is 1. The molecule has 2 aromatic rings. The summed E-state index contributed by atoms with van der Waals surface area (Å²) >= 11 is 11.9. The molecule has 1 amide bonds. The number of hydrogen-bond donors (Lipinski definition) is 1. The summed E-state index contributed by atoms with van der Waals surface area (Å²) < 4.78 is 0. The summed E-state index contributed by atoms with van der Waals surface area (Å²) in [7, 11) is 0. The molecular weight excluding hydrogens is 281 g/mol. The van der Waals surface area contributed by atoms with E-state index in [2.05, 4.69) is 5.32 Å². The van der Waals surface area contributed by atoms with Crippen molar-refractivity contribution in [3.8, 4) is 0 Å². The SMILES string of the molecule is Cc1cccc(NC(=O)Cc2ccc(Cl)cc2Cl)c1. The fraction of sp³-hybridized carbons (Fsp3) is 0.133. The third kappa shape index (κ3) is 3.98. The van der Waals surface area contributed by atoms with Crippen molar-refractivity contribution >= 4 is 34.8 Å². The monoisotopic (exact) mass is 293 g/mol. The van der Waals surface area contributed by atoms with Crippen LogP contribution in [0.25, 0.3) is 0 Å². The first-order valence-electron chi connectivity index (χ1n) is 5.85. The van der Waals surface area contributed by atoms with Gasteiger partial charge in [-0.25, -0.2) is 0 Å². The molecule has 1 N–H and O–H groups in total. The van der Waals surface area contributed by atoms with E-state index < -0.39 is 0 Å². The average molecular weight is 294 g/mol. The Labute approximate surface area is 122 Å². The van der Waals surface area contributed by atoms with E-state index in [9.17, 15) is 4.79 Å². The number of rotatable bonds is 3. The van der Waals surface area contributed by atoms with Gasteiger partial charge in [0.25, 0.3) is 0 Å². The van der Waals surface area contributed by atoms with Crippen LogP contribution in [0.1, 0.15) is 11.1 Å². The van der Waals surface area contributed by atoms with Crippen molar-refractivity contribution in [2.45, 2.75) is 13.3 Å². The van der Waals surface area contributed by atoms with Crippen LogP contribution >= 0.6 is 23.2 Å². The number of carbonyl (C=O) groups is 1. The maximum absolute atomic E-state index is 11.9. The fourth-order valence-corrected chi connectivity index (χ4v) is 2.24. The van der Waals surface area contributed by atoms with Crippen molar-refractivity contribution in [1.29, 1.82) is 0 Å². The van der Waals surface area contributed by atoms with Crippen LogP contribution in [0.15, 0.2) is 42.5 Å². The van der Waals surface area contributed by atoms with Crippen molar-refractivity contribution in [3.05, 3.63) is 63.6 Å². The molecule has 0 heterocycles. The third-order valence-electron chi connectivity index (χ3n) is 2.67. The molecule has 0 spiro atoms. The highest BCUT2D eigenvalue weighted by Gasteiger charge is 2.08. The summed E-state index contributed by atoms with van der Waals surface area (Å²) in [5, 5.41) is 3.91. The van der Waals surface area contributed by atoms with E-state index in [1.165, 1.54) is 0 Å². The Hall–Kier alpha value is -1.51. The Morgan fingerprint density at radius 2 is 1.95 bits per heavy atom. The lowest BCUT2D eigenvalue weighted by molar-refractivity contribution is -0.115. The molecule has 19 heavy (non-hydrogen) atoms. The number of carbonyl (C=O) groups excluding carboxylic acids is 1. The number of anilines is 1. The first kappa shape index (κ1) is 13.9. The number of amides is 1. The standard InChI is InChI=1S/C15H13Cl2NO/c1-10-3-2-4-13(7-10)18-15(19)8-11-5-6-12(16)9-14(11)17/h2-7,9H,8H2,1H3,(H,18,19). The van der Waals surface area contributed by atoms with E-state index >= 15 is 0 Å². The van der Waals surface area contributed by atoms with Crippen LogP contribution in [0.4, 0.5) is 5.69 Å². The van der Waals surface area contributed by atoms with Crippen LogP contribution in [0.3, 0.4) is 0 Å². The van der Waals surface area contributed by atoms with Crippen LogP contribution in [0.2, 0.25) is 10.0 Å². The summed E-state index contributed by atoms with van der Waals surface area (Å²) in [6.07, 6.45) is 0.226. The number of hydrogen-bond acceptors (Lipinski definition) is 1. The second-order valence-corrected chi connectivity index (χ2v) is 5.17. The molecule has 0 bridgehead atoms. The normalized spacial score (nSPS) is 10.3. The Balaban J connectivity index is 2.05. The zero-order valence-electron chi connectivity index (χ0n) is 10.4. The average Bonchev–Trinajstić information content (AvgIpc) is 2.33. The maximum atomic E-state index is 11.9. The first-order chi connectivity index (χ1) is 9.04. The highest BCUT2D eigenvalue weighted by atomic mass is 35.5. The van der Waals surface area contributed by atoms with Gasteiger partial charge in [0.1, 0.15) is 0 Å². The van der Waals surface area contributed by atoms with Gasteiger partial charge >= 0.3 is 0 Å². The van der Waals surface area contributed by atoms with Gasteiger partial charge in [0.2, 0.25) is 5.91 Å². The topological polar surface area (TPSA) is 29.1 Å². The Morgan fingerprint density at radius 3 is 2.63 bits per heavy atom. The molecule has 0 saturated heterocycles. The van der Waals surface area contributed by atoms with Crippen LogP contribution in [-0.2, 0) is 11.2 Å². The number of benzene rings is 2. The summed E-state index contributed by atoms with van der Waals surface area (Å²) in [5.41, 5.74) is 2.65. The van der Waals surface area contributed by atoms with Crippen molar-refractivity contribution in [3.63, 3.8) is 0 Å². The molecule has 0 radical (unpaired) electrons. The smallest absolute Gasteiger partial charge is 0.228 e. The lowest BCUT2D eigenvalue weighted by Crippen LogP contribution is -2.14. The molecule has 4 heteroatoms. The molecule has 0 unspecified atom stereocenters. The quantitative estimate of drug-likeness (QED) is 0.888. The van der Waals surface area contributed by atoms with Gasteiger partial charge in [-0.1, -0.05) is 41.4 Å². The summed E-state index contributed by atoms with van der Waals surface area (Å²) in [4.78, 5) is 11.9. The second-order valence-electron chi connectivity index (χ2n) is 4.33. The Bertz CT molecular complexity index is 611. The highest BCUT2D eigenvalue weighted by Crippen LogP contribution is 2.21. The zero-order chi connectivity index (χ0) is 13.8. The van der Waals surface area contributed by atoms with Crippen LogP contribution in [0.5, 0.6) is 0 Å². The molecule has 2 aromatic carbocycles. The largest absolute Gasteiger partial charge is 0.326 e. The van der Waals surface area contributed by atoms with Crippen LogP contribution in [-0.4, -0.2) is 5.91 Å². The molecule has 2 rings (SSSR count). The van der Waals surface area contributed by atoms with Gasteiger partial charge in [-0.3, -0.25) is 4.79 Å². The molecular formula is C15H13Cl2NO. The van der Waals surface area contributed by atoms with Gasteiger partial charge in [-0.05, 0) is 42.3 Å². The Morgan fingerprint density at radius 1 is 1.16 bits per heavy atom. The first-order valence-corrected chi connectivity index (χ1v) is 6.60. The fourth-order valence-electron chi connectivity index (χ4n) is 1.77. The van der Waals surface area contributed by atoms with Crippen molar-refractivity contribution < 1.29 is 4.79 Å². The maximum Gasteiger partial charge on any atom is 0.228 e. The molecule has 0 fully saturated rings. The minimum atomic E-state index is -0.102. The van der Waals surface area contributed by atoms with Crippen LogP contribution < -0.4 is 5.32 Å². The molecule has 0 aliphatic carbocycles. The van der Waals surface area contributed by atoms with E-state index in [1.807, 2.05) is 31.2 Å². The summed E-state index contributed by atoms with van der Waals surface area (Å²) in [6.45, 7) is 1.98. The van der Waals surface area contributed by atoms with Gasteiger partial charge in [0, 0.05) is 15.7 Å². The summed E-state index contributed by atoms with van der Waals surface area (Å²) in [6, 6.07) is 12.8. The third-order valence-corrected chi connectivity index (χ3v) is 3.25. The minimum absolute atomic E-state index is 0.102. The van der Waals surface area contributed by atoms with Crippen molar-refractivity contribution in [1.82, 2.24) is 0 Å². The molecule has 98 valence electrons. The Kier molecular flexibility index (Phi) is 4.46. The number of nitrogens with one attached hydrogen (secondary N) is 1. The van der Waals surface area contributed by atoms with Gasteiger partial charge in [-0.2, -0.15) is 0 Å². The zero-order valence-corrected chi connectivity index (χ0v) is 11.9.